The number of nitrogens with zero attached hydrogens (tertiary/aromatic N) is 2. The Morgan fingerprint density at radius 1 is 1.07 bits per heavy atom. The number of fused-ring (bicyclic) bond motifs is 1. The lowest BCUT2D eigenvalue weighted by Gasteiger charge is -2.32. The van der Waals surface area contributed by atoms with Gasteiger partial charge in [0.2, 0.25) is 0 Å². The molecule has 1 aliphatic heterocycles. The van der Waals surface area contributed by atoms with Crippen LogP contribution < -0.4 is 10.2 Å². The van der Waals surface area contributed by atoms with Crippen molar-refractivity contribution in [2.24, 2.45) is 0 Å². The van der Waals surface area contributed by atoms with E-state index in [2.05, 4.69) is 47.6 Å². The standard InChI is InChI=1S/C24H35N3OS/c1-17-5-6-18(2)22-15-19(7-8-21(17)22)23-16-29-24(26-23)27-12-9-20(10-13-27)25-11-3-4-14-28/h7-8,15-18,20,25,28H,3-6,9-14H2,1-2H3. The molecule has 2 atom stereocenters. The van der Waals surface area contributed by atoms with Crippen molar-refractivity contribution in [3.63, 3.8) is 0 Å². The monoisotopic (exact) mass is 413 g/mol. The van der Waals surface area contributed by atoms with E-state index in [1.807, 2.05) is 0 Å². The van der Waals surface area contributed by atoms with Crippen LogP contribution in [0.3, 0.4) is 0 Å². The molecule has 2 aromatic rings. The minimum absolute atomic E-state index is 0.300. The van der Waals surface area contributed by atoms with E-state index < -0.39 is 0 Å². The van der Waals surface area contributed by atoms with Crippen LogP contribution >= 0.6 is 11.3 Å². The molecule has 29 heavy (non-hydrogen) atoms. The van der Waals surface area contributed by atoms with Gasteiger partial charge in [-0.2, -0.15) is 0 Å². The largest absolute Gasteiger partial charge is 0.396 e. The van der Waals surface area contributed by atoms with Crippen LogP contribution in [0.1, 0.15) is 75.3 Å². The first-order chi connectivity index (χ1) is 14.2. The number of benzene rings is 1. The summed E-state index contributed by atoms with van der Waals surface area (Å²) < 4.78 is 0. The van der Waals surface area contributed by atoms with Crippen molar-refractivity contribution < 1.29 is 5.11 Å². The predicted molar refractivity (Wildman–Crippen MR) is 123 cm³/mol. The third-order valence-electron chi connectivity index (χ3n) is 6.75. The second kappa shape index (κ2) is 9.59. The van der Waals surface area contributed by atoms with Gasteiger partial charge in [-0.25, -0.2) is 4.98 Å². The first-order valence-electron chi connectivity index (χ1n) is 11.3. The Kier molecular flexibility index (Phi) is 6.88. The highest BCUT2D eigenvalue weighted by Gasteiger charge is 2.24. The highest BCUT2D eigenvalue weighted by molar-refractivity contribution is 7.14. The first-order valence-corrected chi connectivity index (χ1v) is 12.2. The van der Waals surface area contributed by atoms with Crippen LogP contribution in [0.15, 0.2) is 23.6 Å². The summed E-state index contributed by atoms with van der Waals surface area (Å²) in [5.74, 6) is 1.34. The van der Waals surface area contributed by atoms with Gasteiger partial charge < -0.3 is 15.3 Å². The number of aromatic nitrogens is 1. The Hall–Kier alpha value is -1.43. The summed E-state index contributed by atoms with van der Waals surface area (Å²) in [6, 6.07) is 7.62. The predicted octanol–water partition coefficient (Wildman–Crippen LogP) is 5.14. The van der Waals surface area contributed by atoms with Gasteiger partial charge in [-0.1, -0.05) is 26.0 Å². The second-order valence-corrected chi connectivity index (χ2v) is 9.72. The molecule has 2 aliphatic rings. The number of nitrogens with one attached hydrogen (secondary N) is 1. The summed E-state index contributed by atoms with van der Waals surface area (Å²) >= 11 is 1.78. The van der Waals surface area contributed by atoms with E-state index in [0.29, 0.717) is 24.5 Å². The van der Waals surface area contributed by atoms with Gasteiger partial charge in [-0.3, -0.25) is 0 Å². The lowest BCUT2D eigenvalue weighted by Crippen LogP contribution is -2.42. The summed E-state index contributed by atoms with van der Waals surface area (Å²) in [7, 11) is 0. The van der Waals surface area contributed by atoms with E-state index in [0.717, 1.165) is 43.3 Å². The molecule has 1 saturated heterocycles. The zero-order valence-electron chi connectivity index (χ0n) is 17.9. The zero-order chi connectivity index (χ0) is 20.2. The average Bonchev–Trinajstić information content (AvgIpc) is 3.24. The normalized spacial score (nSPS) is 22.7. The molecule has 2 unspecified atom stereocenters. The molecule has 0 spiro atoms. The quantitative estimate of drug-likeness (QED) is 0.617. The van der Waals surface area contributed by atoms with Crippen LogP contribution in [-0.2, 0) is 0 Å². The van der Waals surface area contributed by atoms with E-state index in [-0.39, 0.29) is 0 Å². The maximum atomic E-state index is 8.89. The van der Waals surface area contributed by atoms with Crippen LogP contribution in [0.2, 0.25) is 0 Å². The molecule has 0 amide bonds. The van der Waals surface area contributed by atoms with Crippen molar-refractivity contribution in [1.82, 2.24) is 10.3 Å². The smallest absolute Gasteiger partial charge is 0.185 e. The Balaban J connectivity index is 1.38. The average molecular weight is 414 g/mol. The molecule has 1 aromatic heterocycles. The molecule has 158 valence electrons. The molecule has 5 heteroatoms. The molecule has 0 saturated carbocycles. The number of hydrogen-bond acceptors (Lipinski definition) is 5. The van der Waals surface area contributed by atoms with Crippen molar-refractivity contribution in [2.45, 2.75) is 70.3 Å². The second-order valence-electron chi connectivity index (χ2n) is 8.88. The van der Waals surface area contributed by atoms with Gasteiger partial charge in [0.1, 0.15) is 0 Å². The number of aliphatic hydroxyl groups is 1. The van der Waals surface area contributed by atoms with Crippen LogP contribution in [0.25, 0.3) is 11.3 Å². The number of hydrogen-bond donors (Lipinski definition) is 2. The summed E-state index contributed by atoms with van der Waals surface area (Å²) in [6.07, 6.45) is 6.90. The van der Waals surface area contributed by atoms with Gasteiger partial charge >= 0.3 is 0 Å². The fourth-order valence-corrected chi connectivity index (χ4v) is 5.67. The topological polar surface area (TPSA) is 48.4 Å². The number of unbranched alkanes of at least 4 members (excludes halogenated alkanes) is 1. The number of thiazole rings is 1. The minimum Gasteiger partial charge on any atom is -0.396 e. The van der Waals surface area contributed by atoms with Crippen LogP contribution in [0.5, 0.6) is 0 Å². The van der Waals surface area contributed by atoms with E-state index in [9.17, 15) is 0 Å². The molecular formula is C24H35N3OS. The maximum absolute atomic E-state index is 8.89. The number of anilines is 1. The number of rotatable bonds is 7. The molecular weight excluding hydrogens is 378 g/mol. The van der Waals surface area contributed by atoms with E-state index in [4.69, 9.17) is 10.1 Å². The van der Waals surface area contributed by atoms with Crippen molar-refractivity contribution in [3.05, 3.63) is 34.7 Å². The summed E-state index contributed by atoms with van der Waals surface area (Å²) in [5.41, 5.74) is 5.47. The summed E-state index contributed by atoms with van der Waals surface area (Å²) in [6.45, 7) is 8.18. The molecule has 4 rings (SSSR count). The van der Waals surface area contributed by atoms with E-state index >= 15 is 0 Å². The minimum atomic E-state index is 0.300. The zero-order valence-corrected chi connectivity index (χ0v) is 18.7. The van der Waals surface area contributed by atoms with Crippen molar-refractivity contribution in [1.29, 1.82) is 0 Å². The molecule has 0 bridgehead atoms. The third kappa shape index (κ3) is 4.84. The third-order valence-corrected chi connectivity index (χ3v) is 7.65. The van der Waals surface area contributed by atoms with Gasteiger partial charge in [0.05, 0.1) is 5.69 Å². The van der Waals surface area contributed by atoms with Gasteiger partial charge in [0.15, 0.2) is 5.13 Å². The molecule has 4 nitrogen and oxygen atoms in total. The Morgan fingerprint density at radius 2 is 1.83 bits per heavy atom. The van der Waals surface area contributed by atoms with Crippen molar-refractivity contribution in [2.75, 3.05) is 31.1 Å². The first kappa shape index (κ1) is 20.8. The number of piperidine rings is 1. The van der Waals surface area contributed by atoms with Gasteiger partial charge in [-0.15, -0.1) is 11.3 Å². The van der Waals surface area contributed by atoms with Gasteiger partial charge in [0, 0.05) is 36.7 Å². The Morgan fingerprint density at radius 3 is 2.59 bits per heavy atom. The molecule has 2 N–H and O–H groups in total. The van der Waals surface area contributed by atoms with Crippen molar-refractivity contribution >= 4 is 16.5 Å². The van der Waals surface area contributed by atoms with E-state index in [1.54, 1.807) is 11.3 Å². The van der Waals surface area contributed by atoms with Gasteiger partial charge in [-0.05, 0) is 74.1 Å². The Labute approximate surface area is 179 Å². The SMILES string of the molecule is CC1CCC(C)c2cc(-c3csc(N4CCC(NCCCCO)CC4)n3)ccc21. The van der Waals surface area contributed by atoms with Crippen molar-refractivity contribution in [3.8, 4) is 11.3 Å². The highest BCUT2D eigenvalue weighted by Crippen LogP contribution is 2.40. The molecule has 2 heterocycles. The highest BCUT2D eigenvalue weighted by atomic mass is 32.1. The fraction of sp³-hybridized carbons (Fsp3) is 0.625. The molecule has 1 aliphatic carbocycles. The summed E-state index contributed by atoms with van der Waals surface area (Å²) in [4.78, 5) is 7.45. The molecule has 1 fully saturated rings. The number of aliphatic hydroxyl groups excluding tert-OH is 1. The lowest BCUT2D eigenvalue weighted by molar-refractivity contribution is 0.281. The molecule has 0 radical (unpaired) electrons. The van der Waals surface area contributed by atoms with Gasteiger partial charge in [0.25, 0.3) is 0 Å². The lowest BCUT2D eigenvalue weighted by atomic mass is 9.77. The Bertz CT molecular complexity index is 797. The van der Waals surface area contributed by atoms with Crippen LogP contribution in [-0.4, -0.2) is 42.4 Å². The van der Waals surface area contributed by atoms with E-state index in [1.165, 1.54) is 42.4 Å². The van der Waals surface area contributed by atoms with Crippen LogP contribution in [0, 0.1) is 0 Å². The molecule has 1 aromatic carbocycles. The maximum Gasteiger partial charge on any atom is 0.185 e. The summed E-state index contributed by atoms with van der Waals surface area (Å²) in [5, 5.41) is 15.9. The van der Waals surface area contributed by atoms with Crippen LogP contribution in [0.4, 0.5) is 5.13 Å². The fourth-order valence-electron chi connectivity index (χ4n) is 4.78.